The Morgan fingerprint density at radius 3 is 2.69 bits per heavy atom. The molecule has 0 aliphatic rings. The predicted octanol–water partition coefficient (Wildman–Crippen LogP) is 0.659. The first-order chi connectivity index (χ1) is 7.56. The second-order valence-electron chi connectivity index (χ2n) is 3.19. The van der Waals surface area contributed by atoms with Crippen molar-refractivity contribution in [1.82, 2.24) is 5.32 Å². The Kier molecular flexibility index (Phi) is 4.19. The highest BCUT2D eigenvalue weighted by Gasteiger charge is 2.14. The third-order valence-electron chi connectivity index (χ3n) is 1.95. The van der Waals surface area contributed by atoms with Crippen molar-refractivity contribution in [1.29, 1.82) is 0 Å². The van der Waals surface area contributed by atoms with Gasteiger partial charge in [0.2, 0.25) is 0 Å². The molecule has 0 aromatic heterocycles. The van der Waals surface area contributed by atoms with Crippen LogP contribution in [-0.4, -0.2) is 24.2 Å². The molecule has 6 heteroatoms. The Morgan fingerprint density at radius 1 is 1.38 bits per heavy atom. The lowest BCUT2D eigenvalue weighted by Crippen LogP contribution is -2.26. The molecule has 88 valence electrons. The Labute approximate surface area is 91.1 Å². The maximum atomic E-state index is 13.2. The van der Waals surface area contributed by atoms with E-state index in [-0.39, 0.29) is 24.4 Å². The molecule has 0 fully saturated rings. The lowest BCUT2D eigenvalue weighted by Gasteiger charge is -2.06. The lowest BCUT2D eigenvalue weighted by atomic mass is 10.1. The van der Waals surface area contributed by atoms with Crippen LogP contribution in [0.1, 0.15) is 16.8 Å². The SMILES string of the molecule is Nc1cc(C(=O)NCCCO)c(F)cc1F. The van der Waals surface area contributed by atoms with Gasteiger partial charge in [0.15, 0.2) is 0 Å². The van der Waals surface area contributed by atoms with E-state index in [0.717, 1.165) is 6.07 Å². The zero-order chi connectivity index (χ0) is 12.1. The molecular weight excluding hydrogens is 218 g/mol. The number of halogens is 2. The number of nitrogen functional groups attached to an aromatic ring is 1. The van der Waals surface area contributed by atoms with Gasteiger partial charge in [0.25, 0.3) is 5.91 Å². The average molecular weight is 230 g/mol. The minimum absolute atomic E-state index is 0.0751. The van der Waals surface area contributed by atoms with E-state index in [2.05, 4.69) is 5.32 Å². The van der Waals surface area contributed by atoms with Crippen LogP contribution < -0.4 is 11.1 Å². The summed E-state index contributed by atoms with van der Waals surface area (Å²) in [5.41, 5.74) is 4.63. The molecule has 4 nitrogen and oxygen atoms in total. The second-order valence-corrected chi connectivity index (χ2v) is 3.19. The van der Waals surface area contributed by atoms with E-state index in [0.29, 0.717) is 12.5 Å². The predicted molar refractivity (Wildman–Crippen MR) is 54.8 cm³/mol. The van der Waals surface area contributed by atoms with Gasteiger partial charge in [0.05, 0.1) is 11.3 Å². The fourth-order valence-electron chi connectivity index (χ4n) is 1.12. The summed E-state index contributed by atoms with van der Waals surface area (Å²) >= 11 is 0. The van der Waals surface area contributed by atoms with Crippen molar-refractivity contribution in [2.45, 2.75) is 6.42 Å². The Hall–Kier alpha value is -1.69. The van der Waals surface area contributed by atoms with E-state index in [1.165, 1.54) is 0 Å². The second kappa shape index (κ2) is 5.41. The Balaban J connectivity index is 2.79. The van der Waals surface area contributed by atoms with Crippen molar-refractivity contribution in [3.05, 3.63) is 29.3 Å². The number of hydrogen-bond donors (Lipinski definition) is 3. The molecule has 0 heterocycles. The van der Waals surface area contributed by atoms with Crippen LogP contribution in [0.4, 0.5) is 14.5 Å². The molecule has 0 radical (unpaired) electrons. The Morgan fingerprint density at radius 2 is 2.06 bits per heavy atom. The molecule has 1 aromatic carbocycles. The van der Waals surface area contributed by atoms with Crippen molar-refractivity contribution in [2.75, 3.05) is 18.9 Å². The van der Waals surface area contributed by atoms with Crippen LogP contribution in [-0.2, 0) is 0 Å². The zero-order valence-electron chi connectivity index (χ0n) is 8.46. The van der Waals surface area contributed by atoms with Gasteiger partial charge in [-0.2, -0.15) is 0 Å². The van der Waals surface area contributed by atoms with E-state index in [1.54, 1.807) is 0 Å². The summed E-state index contributed by atoms with van der Waals surface area (Å²) < 4.78 is 26.0. The van der Waals surface area contributed by atoms with Crippen molar-refractivity contribution in [3.8, 4) is 0 Å². The number of rotatable bonds is 4. The van der Waals surface area contributed by atoms with Crippen molar-refractivity contribution < 1.29 is 18.7 Å². The number of nitrogens with one attached hydrogen (secondary N) is 1. The highest BCUT2D eigenvalue weighted by Crippen LogP contribution is 2.16. The summed E-state index contributed by atoms with van der Waals surface area (Å²) in [6, 6.07) is 1.51. The third kappa shape index (κ3) is 2.90. The van der Waals surface area contributed by atoms with Gasteiger partial charge in [-0.1, -0.05) is 0 Å². The van der Waals surface area contributed by atoms with Crippen LogP contribution in [0.5, 0.6) is 0 Å². The highest BCUT2D eigenvalue weighted by molar-refractivity contribution is 5.95. The monoisotopic (exact) mass is 230 g/mol. The number of anilines is 1. The summed E-state index contributed by atoms with van der Waals surface area (Å²) in [4.78, 5) is 11.4. The normalized spacial score (nSPS) is 10.2. The van der Waals surface area contributed by atoms with Gasteiger partial charge in [0, 0.05) is 19.2 Å². The number of carbonyl (C=O) groups excluding carboxylic acids is 1. The molecule has 4 N–H and O–H groups in total. The highest BCUT2D eigenvalue weighted by atomic mass is 19.1. The van der Waals surface area contributed by atoms with Crippen molar-refractivity contribution in [2.24, 2.45) is 0 Å². The van der Waals surface area contributed by atoms with Gasteiger partial charge in [-0.3, -0.25) is 4.79 Å². The van der Waals surface area contributed by atoms with Gasteiger partial charge in [-0.05, 0) is 12.5 Å². The number of aliphatic hydroxyl groups excluding tert-OH is 1. The minimum Gasteiger partial charge on any atom is -0.396 e. The zero-order valence-corrected chi connectivity index (χ0v) is 8.46. The van der Waals surface area contributed by atoms with Crippen LogP contribution in [0.25, 0.3) is 0 Å². The smallest absolute Gasteiger partial charge is 0.254 e. The van der Waals surface area contributed by atoms with Crippen molar-refractivity contribution >= 4 is 11.6 Å². The maximum absolute atomic E-state index is 13.2. The van der Waals surface area contributed by atoms with E-state index < -0.39 is 17.5 Å². The lowest BCUT2D eigenvalue weighted by molar-refractivity contribution is 0.0947. The summed E-state index contributed by atoms with van der Waals surface area (Å²) in [5.74, 6) is -2.55. The molecule has 0 unspecified atom stereocenters. The van der Waals surface area contributed by atoms with Crippen LogP contribution >= 0.6 is 0 Å². The van der Waals surface area contributed by atoms with Crippen molar-refractivity contribution in [3.63, 3.8) is 0 Å². The topological polar surface area (TPSA) is 75.4 Å². The van der Waals surface area contributed by atoms with Gasteiger partial charge in [0.1, 0.15) is 11.6 Å². The number of benzene rings is 1. The molecule has 0 saturated carbocycles. The van der Waals surface area contributed by atoms with E-state index in [4.69, 9.17) is 10.8 Å². The standard InChI is InChI=1S/C10H12F2N2O2/c11-7-5-8(12)9(13)4-6(7)10(16)14-2-1-3-15/h4-5,15H,1-3,13H2,(H,14,16). The largest absolute Gasteiger partial charge is 0.396 e. The summed E-state index contributed by atoms with van der Waals surface area (Å²) in [5, 5.41) is 10.9. The van der Waals surface area contributed by atoms with E-state index >= 15 is 0 Å². The molecule has 1 rings (SSSR count). The fourth-order valence-corrected chi connectivity index (χ4v) is 1.12. The van der Waals surface area contributed by atoms with Crippen LogP contribution in [0, 0.1) is 11.6 Å². The molecule has 16 heavy (non-hydrogen) atoms. The summed E-state index contributed by atoms with van der Waals surface area (Å²) in [6.07, 6.45) is 0.365. The fraction of sp³-hybridized carbons (Fsp3) is 0.300. The molecule has 0 aliphatic carbocycles. The van der Waals surface area contributed by atoms with Gasteiger partial charge >= 0.3 is 0 Å². The maximum Gasteiger partial charge on any atom is 0.254 e. The third-order valence-corrected chi connectivity index (χ3v) is 1.95. The quantitative estimate of drug-likeness (QED) is 0.525. The van der Waals surface area contributed by atoms with Gasteiger partial charge < -0.3 is 16.2 Å². The van der Waals surface area contributed by atoms with E-state index in [1.807, 2.05) is 0 Å². The van der Waals surface area contributed by atoms with Crippen LogP contribution in [0.15, 0.2) is 12.1 Å². The molecule has 1 aromatic rings. The number of aliphatic hydroxyl groups is 1. The van der Waals surface area contributed by atoms with E-state index in [9.17, 15) is 13.6 Å². The van der Waals surface area contributed by atoms with Crippen LogP contribution in [0.2, 0.25) is 0 Å². The van der Waals surface area contributed by atoms with Gasteiger partial charge in [-0.15, -0.1) is 0 Å². The minimum atomic E-state index is -0.965. The average Bonchev–Trinajstić information content (AvgIpc) is 2.23. The first-order valence-corrected chi connectivity index (χ1v) is 4.70. The van der Waals surface area contributed by atoms with Gasteiger partial charge in [-0.25, -0.2) is 8.78 Å². The van der Waals surface area contributed by atoms with Crippen LogP contribution in [0.3, 0.4) is 0 Å². The molecule has 0 aliphatic heterocycles. The first kappa shape index (κ1) is 12.4. The number of carbonyl (C=O) groups is 1. The summed E-state index contributed by atoms with van der Waals surface area (Å²) in [7, 11) is 0. The molecule has 1 amide bonds. The number of nitrogens with two attached hydrogens (primary N) is 1. The number of amides is 1. The molecule has 0 saturated heterocycles. The molecule has 0 spiro atoms. The summed E-state index contributed by atoms with van der Waals surface area (Å²) in [6.45, 7) is 0.139. The first-order valence-electron chi connectivity index (χ1n) is 4.70. The molecular formula is C10H12F2N2O2. The Bertz CT molecular complexity index is 397. The molecule has 0 atom stereocenters. The number of hydrogen-bond acceptors (Lipinski definition) is 3. The molecule has 0 bridgehead atoms.